The number of anilines is 1. The predicted molar refractivity (Wildman–Crippen MR) is 100.0 cm³/mol. The third kappa shape index (κ3) is 3.38. The number of hydrogen-bond donors (Lipinski definition) is 1. The number of aryl methyl sites for hydroxylation is 3. The predicted octanol–water partition coefficient (Wildman–Crippen LogP) is 3.23. The molecule has 2 aromatic heterocycles. The molecule has 0 unspecified atom stereocenters. The molecule has 2 aromatic rings. The number of aromatic nitrogens is 2. The Balaban J connectivity index is 1.98. The molecular weight excluding hydrogens is 320 g/mol. The van der Waals surface area contributed by atoms with Gasteiger partial charge >= 0.3 is 0 Å². The lowest BCUT2D eigenvalue weighted by molar-refractivity contribution is -0.121. The summed E-state index contributed by atoms with van der Waals surface area (Å²) in [5.74, 6) is 1.72. The summed E-state index contributed by atoms with van der Waals surface area (Å²) in [5.41, 5.74) is 1.18. The fourth-order valence-corrected chi connectivity index (χ4v) is 4.58. The Hall–Kier alpha value is -1.69. The van der Waals surface area contributed by atoms with Crippen molar-refractivity contribution in [1.29, 1.82) is 0 Å². The lowest BCUT2D eigenvalue weighted by Crippen LogP contribution is -2.46. The number of hydrogen-bond acceptors (Lipinski definition) is 5. The van der Waals surface area contributed by atoms with Gasteiger partial charge in [-0.25, -0.2) is 9.97 Å². The van der Waals surface area contributed by atoms with Crippen molar-refractivity contribution in [3.8, 4) is 0 Å². The minimum absolute atomic E-state index is 0.0284. The number of fused-ring (bicyclic) bond motifs is 3. The quantitative estimate of drug-likeness (QED) is 0.923. The summed E-state index contributed by atoms with van der Waals surface area (Å²) in [6.07, 6.45) is 3.45. The number of amides is 1. The van der Waals surface area contributed by atoms with Gasteiger partial charge < -0.3 is 10.2 Å². The van der Waals surface area contributed by atoms with E-state index in [0.29, 0.717) is 6.54 Å². The second-order valence-corrected chi connectivity index (χ2v) is 8.53. The van der Waals surface area contributed by atoms with Gasteiger partial charge in [0.05, 0.1) is 11.9 Å². The monoisotopic (exact) mass is 346 g/mol. The van der Waals surface area contributed by atoms with Crippen LogP contribution in [0.25, 0.3) is 10.2 Å². The molecule has 0 aliphatic heterocycles. The van der Waals surface area contributed by atoms with Gasteiger partial charge in [0, 0.05) is 17.0 Å². The summed E-state index contributed by atoms with van der Waals surface area (Å²) in [5, 5.41) is 4.21. The zero-order valence-electron chi connectivity index (χ0n) is 15.2. The van der Waals surface area contributed by atoms with Crippen molar-refractivity contribution in [1.82, 2.24) is 15.3 Å². The average molecular weight is 347 g/mol. The number of nitrogens with zero attached hydrogens (tertiary/aromatic N) is 3. The van der Waals surface area contributed by atoms with Crippen molar-refractivity contribution < 1.29 is 4.79 Å². The van der Waals surface area contributed by atoms with Crippen molar-refractivity contribution in [2.45, 2.75) is 59.4 Å². The second kappa shape index (κ2) is 6.31. The molecule has 0 bridgehead atoms. The van der Waals surface area contributed by atoms with Crippen molar-refractivity contribution in [3.05, 3.63) is 16.3 Å². The molecule has 3 rings (SSSR count). The van der Waals surface area contributed by atoms with E-state index in [1.165, 1.54) is 22.2 Å². The lowest BCUT2D eigenvalue weighted by Gasteiger charge is -2.26. The van der Waals surface area contributed by atoms with Crippen LogP contribution in [0, 0.1) is 6.92 Å². The highest BCUT2D eigenvalue weighted by Crippen LogP contribution is 2.40. The molecule has 1 aliphatic carbocycles. The van der Waals surface area contributed by atoms with Crippen LogP contribution >= 0.6 is 11.3 Å². The molecule has 0 saturated heterocycles. The van der Waals surface area contributed by atoms with E-state index in [1.54, 1.807) is 11.3 Å². The van der Waals surface area contributed by atoms with E-state index < -0.39 is 0 Å². The van der Waals surface area contributed by atoms with Gasteiger partial charge in [-0.2, -0.15) is 0 Å². The fraction of sp³-hybridized carbons (Fsp3) is 0.611. The van der Waals surface area contributed by atoms with Crippen molar-refractivity contribution in [3.63, 3.8) is 0 Å². The number of carbonyl (C=O) groups excluding carboxylic acids is 1. The molecule has 1 N–H and O–H groups in total. The van der Waals surface area contributed by atoms with Crippen LogP contribution in [0.1, 0.15) is 50.4 Å². The summed E-state index contributed by atoms with van der Waals surface area (Å²) in [6.45, 7) is 11.1. The highest BCUT2D eigenvalue weighted by atomic mass is 32.1. The van der Waals surface area contributed by atoms with E-state index in [1.807, 2.05) is 27.7 Å². The maximum atomic E-state index is 12.4. The standard InChI is InChI=1S/C18H26N4OS/c1-6-22(10-14(23)21-18(3,4)5)16-15-12-8-7-9-13(12)24-17(15)20-11(2)19-16/h6-10H2,1-5H3,(H,21,23). The minimum Gasteiger partial charge on any atom is -0.350 e. The van der Waals surface area contributed by atoms with Crippen LogP contribution in [-0.2, 0) is 17.6 Å². The summed E-state index contributed by atoms with van der Waals surface area (Å²) in [4.78, 5) is 26.3. The SMILES string of the molecule is CCN(CC(=O)NC(C)(C)C)c1nc(C)nc2sc3c(c12)CCC3. The zero-order chi connectivity index (χ0) is 17.5. The third-order valence-electron chi connectivity index (χ3n) is 4.19. The Kier molecular flexibility index (Phi) is 4.51. The van der Waals surface area contributed by atoms with Gasteiger partial charge in [0.1, 0.15) is 16.5 Å². The third-order valence-corrected chi connectivity index (χ3v) is 5.37. The van der Waals surface area contributed by atoms with Crippen LogP contribution in [0.3, 0.4) is 0 Å². The lowest BCUT2D eigenvalue weighted by atomic mass is 10.1. The van der Waals surface area contributed by atoms with E-state index in [9.17, 15) is 4.79 Å². The molecule has 0 spiro atoms. The van der Waals surface area contributed by atoms with E-state index in [2.05, 4.69) is 22.1 Å². The number of rotatable bonds is 4. The molecule has 24 heavy (non-hydrogen) atoms. The topological polar surface area (TPSA) is 58.1 Å². The molecule has 2 heterocycles. The highest BCUT2D eigenvalue weighted by Gasteiger charge is 2.25. The van der Waals surface area contributed by atoms with Crippen LogP contribution in [-0.4, -0.2) is 34.5 Å². The summed E-state index contributed by atoms with van der Waals surface area (Å²) < 4.78 is 0. The van der Waals surface area contributed by atoms with E-state index in [-0.39, 0.29) is 11.4 Å². The smallest absolute Gasteiger partial charge is 0.239 e. The Labute approximate surface area is 147 Å². The number of likely N-dealkylation sites (N-methyl/N-ethyl adjacent to an activating group) is 1. The average Bonchev–Trinajstić information content (AvgIpc) is 3.02. The first-order valence-electron chi connectivity index (χ1n) is 8.63. The summed E-state index contributed by atoms with van der Waals surface area (Å²) >= 11 is 1.79. The largest absolute Gasteiger partial charge is 0.350 e. The van der Waals surface area contributed by atoms with Crippen molar-refractivity contribution >= 4 is 33.3 Å². The molecule has 130 valence electrons. The van der Waals surface area contributed by atoms with Gasteiger partial charge in [-0.15, -0.1) is 11.3 Å². The van der Waals surface area contributed by atoms with Crippen LogP contribution in [0.2, 0.25) is 0 Å². The molecule has 0 aromatic carbocycles. The Morgan fingerprint density at radius 3 is 2.71 bits per heavy atom. The van der Waals surface area contributed by atoms with Gasteiger partial charge in [-0.1, -0.05) is 0 Å². The van der Waals surface area contributed by atoms with E-state index >= 15 is 0 Å². The molecule has 1 amide bonds. The highest BCUT2D eigenvalue weighted by molar-refractivity contribution is 7.19. The number of thiophene rings is 1. The maximum Gasteiger partial charge on any atom is 0.239 e. The van der Waals surface area contributed by atoms with Crippen LogP contribution in [0.15, 0.2) is 0 Å². The van der Waals surface area contributed by atoms with Crippen LogP contribution in [0.4, 0.5) is 5.82 Å². The Bertz CT molecular complexity index is 775. The van der Waals surface area contributed by atoms with E-state index in [0.717, 1.165) is 35.9 Å². The first kappa shape index (κ1) is 17.1. The number of nitrogens with one attached hydrogen (secondary N) is 1. The van der Waals surface area contributed by atoms with Crippen molar-refractivity contribution in [2.24, 2.45) is 0 Å². The van der Waals surface area contributed by atoms with Crippen LogP contribution < -0.4 is 10.2 Å². The molecule has 6 heteroatoms. The van der Waals surface area contributed by atoms with E-state index in [4.69, 9.17) is 4.98 Å². The molecule has 0 atom stereocenters. The Morgan fingerprint density at radius 2 is 2.04 bits per heavy atom. The fourth-order valence-electron chi connectivity index (χ4n) is 3.28. The molecule has 5 nitrogen and oxygen atoms in total. The van der Waals surface area contributed by atoms with Gasteiger partial charge in [-0.3, -0.25) is 4.79 Å². The second-order valence-electron chi connectivity index (χ2n) is 7.44. The minimum atomic E-state index is -0.225. The molecule has 0 fully saturated rings. The molecular formula is C18H26N4OS. The van der Waals surface area contributed by atoms with Crippen molar-refractivity contribution in [2.75, 3.05) is 18.0 Å². The first-order valence-corrected chi connectivity index (χ1v) is 9.45. The van der Waals surface area contributed by atoms with Gasteiger partial charge in [0.15, 0.2) is 0 Å². The normalized spacial score (nSPS) is 14.0. The van der Waals surface area contributed by atoms with Gasteiger partial charge in [0.2, 0.25) is 5.91 Å². The first-order chi connectivity index (χ1) is 11.3. The summed E-state index contributed by atoms with van der Waals surface area (Å²) in [7, 11) is 0. The number of carbonyl (C=O) groups is 1. The van der Waals surface area contributed by atoms with Gasteiger partial charge in [-0.05, 0) is 59.4 Å². The summed E-state index contributed by atoms with van der Waals surface area (Å²) in [6, 6.07) is 0. The maximum absolute atomic E-state index is 12.4. The Morgan fingerprint density at radius 1 is 1.29 bits per heavy atom. The molecule has 1 aliphatic rings. The molecule has 0 radical (unpaired) electrons. The van der Waals surface area contributed by atoms with Crippen LogP contribution in [0.5, 0.6) is 0 Å². The zero-order valence-corrected chi connectivity index (χ0v) is 16.0. The van der Waals surface area contributed by atoms with Gasteiger partial charge in [0.25, 0.3) is 0 Å². The molecule has 0 saturated carbocycles.